The number of quaternary nitrogens is 1. The predicted molar refractivity (Wildman–Crippen MR) is 140 cm³/mol. The van der Waals surface area contributed by atoms with E-state index in [2.05, 4.69) is 65.5 Å². The van der Waals surface area contributed by atoms with Gasteiger partial charge >= 0.3 is 20.9 Å². The number of carbonyl (C=O) groups excluding carboxylic acids is 1. The molecule has 0 saturated carbocycles. The monoisotopic (exact) mass is 556 g/mol. The molecule has 0 aromatic rings. The van der Waals surface area contributed by atoms with E-state index >= 15 is 0 Å². The first-order chi connectivity index (χ1) is 15.1. The van der Waals surface area contributed by atoms with Crippen LogP contribution >= 0.6 is 0 Å². The van der Waals surface area contributed by atoms with Crippen LogP contribution < -0.4 is 0 Å². The number of hydrogen-bond donors (Lipinski definition) is 3. The number of amides is 1. The van der Waals surface area contributed by atoms with Crippen LogP contribution in [0.25, 0.3) is 0 Å². The molecule has 0 aromatic heterocycles. The Kier molecular flexibility index (Phi) is 12.3. The number of carboxylic acid groups (broad SMARTS) is 1. The summed E-state index contributed by atoms with van der Waals surface area (Å²) in [6.45, 7) is 22.1. The van der Waals surface area contributed by atoms with E-state index in [1.165, 1.54) is 6.92 Å². The van der Waals surface area contributed by atoms with Crippen LogP contribution in [0.5, 0.6) is 0 Å². The second-order valence-corrected chi connectivity index (χ2v) is 28.5. The Morgan fingerprint density at radius 1 is 0.912 bits per heavy atom. The molecule has 0 heterocycles. The van der Waals surface area contributed by atoms with Gasteiger partial charge < -0.3 is 27.7 Å². The highest BCUT2D eigenvalue weighted by atomic mass is 28.5. The zero-order valence-corrected chi connectivity index (χ0v) is 26.6. The number of hydrogen-bond acceptors (Lipinski definition) is 8. The minimum absolute atomic E-state index is 0.0251. The molecule has 1 amide bonds. The third-order valence-electron chi connectivity index (χ3n) is 4.06. The lowest BCUT2D eigenvalue weighted by molar-refractivity contribution is -1.03. The first kappa shape index (κ1) is 33.3. The van der Waals surface area contributed by atoms with E-state index in [0.29, 0.717) is 6.04 Å². The lowest BCUT2D eigenvalue weighted by atomic mass is 10.3. The molecule has 200 valence electrons. The molecule has 0 fully saturated rings. The quantitative estimate of drug-likeness (QED) is 0.127. The fraction of sp³-hybridized carbons (Fsp3) is 0.800. The summed E-state index contributed by atoms with van der Waals surface area (Å²) in [5, 5.41) is 29.3. The van der Waals surface area contributed by atoms with E-state index in [1.807, 2.05) is 0 Å². The summed E-state index contributed by atoms with van der Waals surface area (Å²) in [6, 6.07) is 0.332. The number of nitrogens with zero attached hydrogens (tertiary/aromatic N) is 1. The van der Waals surface area contributed by atoms with Crippen molar-refractivity contribution in [1.29, 1.82) is 0 Å². The van der Waals surface area contributed by atoms with Gasteiger partial charge in [0, 0.05) is 18.0 Å². The van der Waals surface area contributed by atoms with Gasteiger partial charge in [-0.15, -0.1) is 0 Å². The molecule has 0 aromatic carbocycles. The Bertz CT molecular complexity index is 676. The molecule has 2 unspecified atom stereocenters. The van der Waals surface area contributed by atoms with E-state index in [0.717, 1.165) is 0 Å². The highest BCUT2D eigenvalue weighted by Crippen LogP contribution is 2.31. The maximum Gasteiger partial charge on any atom is 0.556 e. The summed E-state index contributed by atoms with van der Waals surface area (Å²) < 4.78 is 18.6. The van der Waals surface area contributed by atoms with Crippen molar-refractivity contribution >= 4 is 45.8 Å². The van der Waals surface area contributed by atoms with E-state index in [9.17, 15) is 24.9 Å². The fourth-order valence-electron chi connectivity index (χ4n) is 3.19. The summed E-state index contributed by atoms with van der Waals surface area (Å²) in [4.78, 5) is 29.8. The van der Waals surface area contributed by atoms with Crippen molar-refractivity contribution in [1.82, 2.24) is 0 Å². The lowest BCUT2D eigenvalue weighted by Crippen LogP contribution is -2.61. The number of rotatable bonds is 14. The van der Waals surface area contributed by atoms with Crippen LogP contribution in [-0.2, 0) is 22.0 Å². The third-order valence-corrected chi connectivity index (χ3v) is 16.1. The molecule has 2 atom stereocenters. The van der Waals surface area contributed by atoms with Crippen LogP contribution in [-0.4, -0.2) is 91.6 Å². The van der Waals surface area contributed by atoms with Gasteiger partial charge in [0.15, 0.2) is 31.5 Å². The van der Waals surface area contributed by atoms with E-state index in [4.69, 9.17) is 17.2 Å². The van der Waals surface area contributed by atoms with Gasteiger partial charge in [0.05, 0.1) is 6.61 Å². The number of aliphatic hydroxyl groups is 2. The zero-order chi connectivity index (χ0) is 27.2. The molecule has 0 saturated heterocycles. The van der Waals surface area contributed by atoms with Crippen LogP contribution in [0, 0.1) is 0 Å². The molecule has 14 heteroatoms. The average molecular weight is 557 g/mol. The Morgan fingerprint density at radius 2 is 1.32 bits per heavy atom. The van der Waals surface area contributed by atoms with Gasteiger partial charge in [0.1, 0.15) is 12.6 Å². The second-order valence-electron chi connectivity index (χ2n) is 11.5. The molecule has 10 nitrogen and oxygen atoms in total. The number of hydroxylamine groups is 3. The van der Waals surface area contributed by atoms with Gasteiger partial charge in [-0.3, -0.25) is 4.84 Å². The van der Waals surface area contributed by atoms with Crippen molar-refractivity contribution in [3.8, 4) is 0 Å². The molecule has 3 N–H and O–H groups in total. The molecule has 0 spiro atoms. The van der Waals surface area contributed by atoms with Crippen molar-refractivity contribution in [2.75, 3.05) is 19.7 Å². The Balaban J connectivity index is 6.20. The summed E-state index contributed by atoms with van der Waals surface area (Å²) >= 11 is 0. The van der Waals surface area contributed by atoms with Crippen molar-refractivity contribution < 1.29 is 46.7 Å². The van der Waals surface area contributed by atoms with Crippen LogP contribution in [0.3, 0.4) is 0 Å². The summed E-state index contributed by atoms with van der Waals surface area (Å²) in [7, 11) is -9.59. The van der Waals surface area contributed by atoms with Crippen LogP contribution in [0.15, 0.2) is 12.2 Å². The van der Waals surface area contributed by atoms with Gasteiger partial charge in [0.25, 0.3) is 0 Å². The highest BCUT2D eigenvalue weighted by Gasteiger charge is 2.51. The SMILES string of the molecule is C=C(C)C(=O)O[N+](CCC[Si](O[Si](C)(C)C)(O[Si](C)(C)C)O[Si](C)(C)C)(CC(O)CO)C(=O)O. The van der Waals surface area contributed by atoms with E-state index in [-0.39, 0.29) is 18.5 Å². The van der Waals surface area contributed by atoms with Gasteiger partial charge in [0.2, 0.25) is 0 Å². The molecular weight excluding hydrogens is 511 g/mol. The Morgan fingerprint density at radius 3 is 1.62 bits per heavy atom. The minimum Gasteiger partial charge on any atom is -0.433 e. The standard InChI is InChI=1S/C20H45NO9Si4/c1-17(2)19(24)27-21(20(25)26,15-18(23)16-22)13-12-14-34(28-31(3,4)5,29-32(6,7)8)30-33(9,10)11/h18,22-23H,1,12-16H2,2-11H3/p+1. The molecule has 34 heavy (non-hydrogen) atoms. The molecular formula is C20H46NO9Si4+. The van der Waals surface area contributed by atoms with Gasteiger partial charge in [-0.1, -0.05) is 6.58 Å². The van der Waals surface area contributed by atoms with Gasteiger partial charge in [-0.05, 0) is 70.5 Å². The van der Waals surface area contributed by atoms with Crippen LogP contribution in [0.2, 0.25) is 65.0 Å². The fourth-order valence-corrected chi connectivity index (χ4v) is 17.8. The highest BCUT2D eigenvalue weighted by molar-refractivity contribution is 6.90. The molecule has 0 rings (SSSR count). The average Bonchev–Trinajstić information content (AvgIpc) is 2.56. The smallest absolute Gasteiger partial charge is 0.433 e. The third kappa shape index (κ3) is 12.8. The van der Waals surface area contributed by atoms with E-state index in [1.54, 1.807) is 0 Å². The normalized spacial score (nSPS) is 16.0. The number of carbonyl (C=O) groups is 2. The van der Waals surface area contributed by atoms with Gasteiger partial charge in [-0.2, -0.15) is 4.79 Å². The Labute approximate surface area is 208 Å². The summed E-state index contributed by atoms with van der Waals surface area (Å²) in [5.74, 6) is -0.897. The molecule has 0 aliphatic heterocycles. The van der Waals surface area contributed by atoms with Gasteiger partial charge in [-0.25, -0.2) is 4.79 Å². The largest absolute Gasteiger partial charge is 0.556 e. The molecule has 0 aliphatic rings. The van der Waals surface area contributed by atoms with Crippen molar-refractivity contribution in [2.24, 2.45) is 0 Å². The molecule has 0 radical (unpaired) electrons. The lowest BCUT2D eigenvalue weighted by Gasteiger charge is -2.43. The van der Waals surface area contributed by atoms with Crippen molar-refractivity contribution in [3.63, 3.8) is 0 Å². The predicted octanol–water partition coefficient (Wildman–Crippen LogP) is 3.75. The Hall–Kier alpha value is -0.692. The van der Waals surface area contributed by atoms with E-state index < -0.39 is 69.7 Å². The van der Waals surface area contributed by atoms with Crippen molar-refractivity contribution in [3.05, 3.63) is 12.2 Å². The first-order valence-corrected chi connectivity index (χ1v) is 23.6. The second kappa shape index (κ2) is 12.5. The summed E-state index contributed by atoms with van der Waals surface area (Å²) in [6.07, 6.45) is -2.62. The van der Waals surface area contributed by atoms with Crippen molar-refractivity contribution in [2.45, 2.75) is 84.4 Å². The molecule has 0 aliphatic carbocycles. The minimum atomic E-state index is -3.23. The topological polar surface area (TPSA) is 132 Å². The maximum atomic E-state index is 12.3. The first-order valence-electron chi connectivity index (χ1n) is 11.4. The summed E-state index contributed by atoms with van der Waals surface area (Å²) in [5.41, 5.74) is 0.0251. The maximum absolute atomic E-state index is 12.3. The number of aliphatic hydroxyl groups excluding tert-OH is 2. The zero-order valence-electron chi connectivity index (χ0n) is 22.6. The molecule has 0 bridgehead atoms. The van der Waals surface area contributed by atoms with Crippen LogP contribution in [0.4, 0.5) is 4.79 Å². The van der Waals surface area contributed by atoms with Crippen LogP contribution in [0.1, 0.15) is 13.3 Å².